The average Bonchev–Trinajstić information content (AvgIpc) is 2.74. The predicted octanol–water partition coefficient (Wildman–Crippen LogP) is 1.36. The first-order valence-electron chi connectivity index (χ1n) is 5.70. The second kappa shape index (κ2) is 4.63. The highest BCUT2D eigenvalue weighted by Crippen LogP contribution is 2.18. The van der Waals surface area contributed by atoms with Crippen molar-refractivity contribution in [3.05, 3.63) is 41.2 Å². The van der Waals surface area contributed by atoms with Crippen LogP contribution in [-0.2, 0) is 6.54 Å². The van der Waals surface area contributed by atoms with E-state index in [-0.39, 0.29) is 6.04 Å². The molecule has 1 atom stereocenters. The molecule has 2 N–H and O–H groups in total. The number of rotatable bonds is 3. The van der Waals surface area contributed by atoms with Crippen LogP contribution in [0.25, 0.3) is 0 Å². The van der Waals surface area contributed by atoms with Crippen LogP contribution in [-0.4, -0.2) is 19.7 Å². The Morgan fingerprint density at radius 2 is 1.94 bits per heavy atom. The number of hydrogen-bond donors (Lipinski definition) is 1. The number of pyridine rings is 1. The van der Waals surface area contributed by atoms with Crippen LogP contribution >= 0.6 is 0 Å². The van der Waals surface area contributed by atoms with Crippen molar-refractivity contribution in [3.8, 4) is 0 Å². The SMILES string of the molecule is CCn1ncnc1C(N)c1cc(C)nc(C)c1. The largest absolute Gasteiger partial charge is 0.318 e. The van der Waals surface area contributed by atoms with Gasteiger partial charge in [-0.2, -0.15) is 5.10 Å². The lowest BCUT2D eigenvalue weighted by Gasteiger charge is -2.13. The fourth-order valence-corrected chi connectivity index (χ4v) is 1.95. The summed E-state index contributed by atoms with van der Waals surface area (Å²) in [5.41, 5.74) is 9.19. The highest BCUT2D eigenvalue weighted by molar-refractivity contribution is 5.27. The number of aryl methyl sites for hydroxylation is 3. The molecule has 0 aliphatic heterocycles. The molecule has 0 aliphatic carbocycles. The highest BCUT2D eigenvalue weighted by Gasteiger charge is 2.15. The zero-order valence-corrected chi connectivity index (χ0v) is 10.4. The Hall–Kier alpha value is -1.75. The van der Waals surface area contributed by atoms with Crippen molar-refractivity contribution in [2.24, 2.45) is 5.73 Å². The van der Waals surface area contributed by atoms with Gasteiger partial charge in [-0.25, -0.2) is 9.67 Å². The Bertz CT molecular complexity index is 497. The molecule has 17 heavy (non-hydrogen) atoms. The molecule has 5 nitrogen and oxygen atoms in total. The molecule has 0 aliphatic rings. The van der Waals surface area contributed by atoms with Gasteiger partial charge in [0.25, 0.3) is 0 Å². The van der Waals surface area contributed by atoms with Crippen LogP contribution in [0.1, 0.15) is 35.7 Å². The zero-order chi connectivity index (χ0) is 12.4. The van der Waals surface area contributed by atoms with Gasteiger partial charge in [0.15, 0.2) is 0 Å². The Balaban J connectivity index is 2.39. The fraction of sp³-hybridized carbons (Fsp3) is 0.417. The van der Waals surface area contributed by atoms with Crippen molar-refractivity contribution in [3.63, 3.8) is 0 Å². The summed E-state index contributed by atoms with van der Waals surface area (Å²) in [6.45, 7) is 6.72. The maximum atomic E-state index is 6.22. The van der Waals surface area contributed by atoms with Gasteiger partial charge >= 0.3 is 0 Å². The smallest absolute Gasteiger partial charge is 0.148 e. The van der Waals surface area contributed by atoms with Crippen LogP contribution in [0, 0.1) is 13.8 Å². The topological polar surface area (TPSA) is 69.6 Å². The molecule has 2 aromatic rings. The zero-order valence-electron chi connectivity index (χ0n) is 10.4. The summed E-state index contributed by atoms with van der Waals surface area (Å²) >= 11 is 0. The van der Waals surface area contributed by atoms with Crippen LogP contribution < -0.4 is 5.73 Å². The summed E-state index contributed by atoms with van der Waals surface area (Å²) in [5.74, 6) is 0.789. The maximum Gasteiger partial charge on any atom is 0.148 e. The molecule has 90 valence electrons. The first-order valence-corrected chi connectivity index (χ1v) is 5.70. The predicted molar refractivity (Wildman–Crippen MR) is 65.4 cm³/mol. The van der Waals surface area contributed by atoms with Crippen molar-refractivity contribution in [2.45, 2.75) is 33.4 Å². The van der Waals surface area contributed by atoms with Crippen LogP contribution in [0.15, 0.2) is 18.5 Å². The van der Waals surface area contributed by atoms with Gasteiger partial charge in [0.1, 0.15) is 12.2 Å². The fourth-order valence-electron chi connectivity index (χ4n) is 1.95. The third-order valence-electron chi connectivity index (χ3n) is 2.69. The summed E-state index contributed by atoms with van der Waals surface area (Å²) < 4.78 is 1.82. The van der Waals surface area contributed by atoms with Crippen LogP contribution in [0.3, 0.4) is 0 Å². The van der Waals surface area contributed by atoms with E-state index in [4.69, 9.17) is 5.73 Å². The molecule has 0 bridgehead atoms. The van der Waals surface area contributed by atoms with Gasteiger partial charge in [-0.1, -0.05) is 0 Å². The van der Waals surface area contributed by atoms with E-state index < -0.39 is 0 Å². The van der Waals surface area contributed by atoms with Crippen molar-refractivity contribution in [1.82, 2.24) is 19.7 Å². The van der Waals surface area contributed by atoms with Crippen LogP contribution in [0.5, 0.6) is 0 Å². The van der Waals surface area contributed by atoms with Crippen LogP contribution in [0.2, 0.25) is 0 Å². The third-order valence-corrected chi connectivity index (χ3v) is 2.69. The lowest BCUT2D eigenvalue weighted by Crippen LogP contribution is -2.18. The van der Waals surface area contributed by atoms with Gasteiger partial charge in [0.2, 0.25) is 0 Å². The van der Waals surface area contributed by atoms with E-state index in [2.05, 4.69) is 15.1 Å². The Kier molecular flexibility index (Phi) is 3.19. The van der Waals surface area contributed by atoms with E-state index in [9.17, 15) is 0 Å². The quantitative estimate of drug-likeness (QED) is 0.865. The number of aromatic nitrogens is 4. The molecule has 0 saturated carbocycles. The van der Waals surface area contributed by atoms with Crippen molar-refractivity contribution in [1.29, 1.82) is 0 Å². The third kappa shape index (κ3) is 2.34. The summed E-state index contributed by atoms with van der Waals surface area (Å²) in [7, 11) is 0. The van der Waals surface area contributed by atoms with E-state index in [1.165, 1.54) is 0 Å². The molecule has 2 rings (SSSR count). The molecule has 1 unspecified atom stereocenters. The molecule has 0 fully saturated rings. The van der Waals surface area contributed by atoms with E-state index in [1.807, 2.05) is 37.6 Å². The highest BCUT2D eigenvalue weighted by atomic mass is 15.3. The first-order chi connectivity index (χ1) is 8.11. The Labute approximate surface area is 101 Å². The van der Waals surface area contributed by atoms with E-state index >= 15 is 0 Å². The normalized spacial score (nSPS) is 12.7. The van der Waals surface area contributed by atoms with Crippen molar-refractivity contribution >= 4 is 0 Å². The monoisotopic (exact) mass is 231 g/mol. The summed E-state index contributed by atoms with van der Waals surface area (Å²) in [6.07, 6.45) is 1.54. The van der Waals surface area contributed by atoms with Crippen molar-refractivity contribution < 1.29 is 0 Å². The number of hydrogen-bond acceptors (Lipinski definition) is 4. The number of nitrogens with zero attached hydrogens (tertiary/aromatic N) is 4. The van der Waals surface area contributed by atoms with E-state index in [1.54, 1.807) is 6.33 Å². The first kappa shape index (κ1) is 11.7. The molecule has 2 heterocycles. The molecule has 0 radical (unpaired) electrons. The maximum absolute atomic E-state index is 6.22. The molecule has 2 aromatic heterocycles. The Morgan fingerprint density at radius 3 is 2.53 bits per heavy atom. The lowest BCUT2D eigenvalue weighted by atomic mass is 10.1. The molecular weight excluding hydrogens is 214 g/mol. The minimum absolute atomic E-state index is 0.252. The van der Waals surface area contributed by atoms with Gasteiger partial charge in [0, 0.05) is 17.9 Å². The van der Waals surface area contributed by atoms with E-state index in [0.29, 0.717) is 0 Å². The number of nitrogens with two attached hydrogens (primary N) is 1. The molecule has 0 saturated heterocycles. The Morgan fingerprint density at radius 1 is 1.29 bits per heavy atom. The van der Waals surface area contributed by atoms with Crippen LogP contribution in [0.4, 0.5) is 0 Å². The molecule has 0 aromatic carbocycles. The molecule has 0 spiro atoms. The van der Waals surface area contributed by atoms with Gasteiger partial charge in [-0.3, -0.25) is 4.98 Å². The second-order valence-corrected chi connectivity index (χ2v) is 4.09. The molecule has 5 heteroatoms. The van der Waals surface area contributed by atoms with Gasteiger partial charge < -0.3 is 5.73 Å². The summed E-state index contributed by atoms with van der Waals surface area (Å²) in [6, 6.07) is 3.73. The van der Waals surface area contributed by atoms with Crippen molar-refractivity contribution in [2.75, 3.05) is 0 Å². The summed E-state index contributed by atoms with van der Waals surface area (Å²) in [4.78, 5) is 8.57. The average molecular weight is 231 g/mol. The second-order valence-electron chi connectivity index (χ2n) is 4.09. The summed E-state index contributed by atoms with van der Waals surface area (Å²) in [5, 5.41) is 4.14. The standard InChI is InChI=1S/C12H17N5/c1-4-17-12(14-7-15-17)11(13)10-5-8(2)16-9(3)6-10/h5-7,11H,4,13H2,1-3H3. The van der Waals surface area contributed by atoms with Gasteiger partial charge in [-0.15, -0.1) is 0 Å². The van der Waals surface area contributed by atoms with Gasteiger partial charge in [-0.05, 0) is 38.5 Å². The molecular formula is C12H17N5. The lowest BCUT2D eigenvalue weighted by molar-refractivity contribution is 0.591. The minimum atomic E-state index is -0.252. The van der Waals surface area contributed by atoms with Gasteiger partial charge in [0.05, 0.1) is 6.04 Å². The van der Waals surface area contributed by atoms with E-state index in [0.717, 1.165) is 29.3 Å². The molecule has 0 amide bonds. The minimum Gasteiger partial charge on any atom is -0.318 e.